The van der Waals surface area contributed by atoms with Gasteiger partial charge in [0.15, 0.2) is 11.5 Å². The first kappa shape index (κ1) is 18.5. The summed E-state index contributed by atoms with van der Waals surface area (Å²) in [6.07, 6.45) is 1.74. The summed E-state index contributed by atoms with van der Waals surface area (Å²) in [4.78, 5) is 17.9. The molecule has 0 fully saturated rings. The lowest BCUT2D eigenvalue weighted by Gasteiger charge is -2.34. The Bertz CT molecular complexity index is 882. The van der Waals surface area contributed by atoms with E-state index in [9.17, 15) is 15.0 Å². The van der Waals surface area contributed by atoms with Gasteiger partial charge in [-0.15, -0.1) is 0 Å². The van der Waals surface area contributed by atoms with Gasteiger partial charge in [-0.3, -0.25) is 9.78 Å². The summed E-state index contributed by atoms with van der Waals surface area (Å²) < 4.78 is 10.6. The Morgan fingerprint density at radius 1 is 1.22 bits per heavy atom. The Balaban J connectivity index is 2.03. The van der Waals surface area contributed by atoms with Gasteiger partial charge in [0.1, 0.15) is 11.8 Å². The number of aliphatic hydroxyl groups excluding tert-OH is 2. The second-order valence-electron chi connectivity index (χ2n) is 5.84. The summed E-state index contributed by atoms with van der Waals surface area (Å²) in [5, 5.41) is 24.1. The summed E-state index contributed by atoms with van der Waals surface area (Å²) in [5.41, 5.74) is 1.41. The van der Waals surface area contributed by atoms with E-state index >= 15 is 0 Å². The van der Waals surface area contributed by atoms with Gasteiger partial charge in [-0.2, -0.15) is 0 Å². The zero-order valence-electron chi connectivity index (χ0n) is 15.3. The van der Waals surface area contributed by atoms with Gasteiger partial charge in [0, 0.05) is 36.1 Å². The lowest BCUT2D eigenvalue weighted by Crippen LogP contribution is -2.37. The van der Waals surface area contributed by atoms with Gasteiger partial charge in [-0.05, 0) is 25.1 Å². The van der Waals surface area contributed by atoms with Crippen LogP contribution in [0.5, 0.6) is 11.5 Å². The molecule has 1 atom stereocenters. The van der Waals surface area contributed by atoms with Gasteiger partial charge in [-0.25, -0.2) is 0 Å². The standard InChI is InChI=1S/C19H21N3O5/c1-4-22-13-10-15(27-3)14(26-2)9-12(13)17(23)16(19(22)25)21-18(24)11-5-7-20-8-6-11/h5-10,17,23,25H,4H2,1-3H3,(H,21,24). The second kappa shape index (κ2) is 7.55. The van der Waals surface area contributed by atoms with Crippen molar-refractivity contribution >= 4 is 11.6 Å². The number of anilines is 1. The van der Waals surface area contributed by atoms with Crippen molar-refractivity contribution in [3.05, 3.63) is 59.4 Å². The van der Waals surface area contributed by atoms with E-state index in [2.05, 4.69) is 10.3 Å². The van der Waals surface area contributed by atoms with Gasteiger partial charge in [0.05, 0.1) is 19.9 Å². The van der Waals surface area contributed by atoms with Crippen molar-refractivity contribution in [1.82, 2.24) is 10.3 Å². The molecule has 3 N–H and O–H groups in total. The zero-order chi connectivity index (χ0) is 19.6. The zero-order valence-corrected chi connectivity index (χ0v) is 15.3. The maximum Gasteiger partial charge on any atom is 0.255 e. The molecule has 27 heavy (non-hydrogen) atoms. The molecule has 2 heterocycles. The van der Waals surface area contributed by atoms with Crippen LogP contribution in [0.1, 0.15) is 28.9 Å². The molecule has 1 aromatic carbocycles. The van der Waals surface area contributed by atoms with Crippen molar-refractivity contribution in [3.63, 3.8) is 0 Å². The van der Waals surface area contributed by atoms with E-state index in [1.165, 1.54) is 26.6 Å². The largest absolute Gasteiger partial charge is 0.493 e. The van der Waals surface area contributed by atoms with Crippen LogP contribution >= 0.6 is 0 Å². The quantitative estimate of drug-likeness (QED) is 0.739. The first-order valence-corrected chi connectivity index (χ1v) is 8.37. The number of ether oxygens (including phenoxy) is 2. The molecule has 1 unspecified atom stereocenters. The van der Waals surface area contributed by atoms with Crippen molar-refractivity contribution in [1.29, 1.82) is 0 Å². The molecular formula is C19H21N3O5. The Labute approximate surface area is 156 Å². The van der Waals surface area contributed by atoms with Crippen LogP contribution in [0, 0.1) is 0 Å². The van der Waals surface area contributed by atoms with Crippen molar-refractivity contribution in [2.75, 3.05) is 25.7 Å². The number of nitrogens with zero attached hydrogens (tertiary/aromatic N) is 2. The third-order valence-corrected chi connectivity index (χ3v) is 4.40. The second-order valence-corrected chi connectivity index (χ2v) is 5.84. The molecule has 2 aromatic rings. The highest BCUT2D eigenvalue weighted by Crippen LogP contribution is 2.44. The fraction of sp³-hybridized carbons (Fsp3) is 0.263. The molecule has 1 amide bonds. The van der Waals surface area contributed by atoms with E-state index < -0.39 is 12.0 Å². The highest BCUT2D eigenvalue weighted by Gasteiger charge is 2.34. The molecule has 0 bridgehead atoms. The molecule has 0 radical (unpaired) electrons. The van der Waals surface area contributed by atoms with Crippen LogP contribution in [0.3, 0.4) is 0 Å². The molecule has 0 spiro atoms. The molecule has 1 aromatic heterocycles. The number of benzene rings is 1. The molecular weight excluding hydrogens is 350 g/mol. The van der Waals surface area contributed by atoms with Crippen LogP contribution in [0.15, 0.2) is 48.2 Å². The maximum absolute atomic E-state index is 12.5. The number of hydrogen-bond donors (Lipinski definition) is 3. The van der Waals surface area contributed by atoms with Crippen molar-refractivity contribution in [2.24, 2.45) is 0 Å². The number of carbonyl (C=O) groups excluding carboxylic acids is 1. The SMILES string of the molecule is CCN1C(O)=C(NC(=O)c2ccncc2)C(O)c2cc(OC)c(OC)cc21. The molecule has 3 rings (SSSR count). The predicted molar refractivity (Wildman–Crippen MR) is 98.9 cm³/mol. The molecule has 1 aliphatic rings. The maximum atomic E-state index is 12.5. The number of carbonyl (C=O) groups is 1. The topological polar surface area (TPSA) is 104 Å². The van der Waals surface area contributed by atoms with E-state index in [4.69, 9.17) is 9.47 Å². The molecule has 0 saturated heterocycles. The molecule has 8 nitrogen and oxygen atoms in total. The summed E-state index contributed by atoms with van der Waals surface area (Å²) in [7, 11) is 3.01. The van der Waals surface area contributed by atoms with Gasteiger partial charge in [0.25, 0.3) is 5.91 Å². The van der Waals surface area contributed by atoms with Crippen LogP contribution in [0.2, 0.25) is 0 Å². The number of methoxy groups -OCH3 is 2. The molecule has 0 aliphatic carbocycles. The minimum Gasteiger partial charge on any atom is -0.493 e. The predicted octanol–water partition coefficient (Wildman–Crippen LogP) is 2.13. The number of rotatable bonds is 5. The highest BCUT2D eigenvalue weighted by atomic mass is 16.5. The third kappa shape index (κ3) is 3.26. The number of amides is 1. The third-order valence-electron chi connectivity index (χ3n) is 4.40. The Hall–Kier alpha value is -3.26. The number of nitrogens with one attached hydrogen (secondary N) is 1. The normalized spacial score (nSPS) is 16.0. The summed E-state index contributed by atoms with van der Waals surface area (Å²) in [5.74, 6) is 0.219. The van der Waals surface area contributed by atoms with E-state index in [0.717, 1.165) is 0 Å². The average Bonchev–Trinajstić information content (AvgIpc) is 2.71. The monoisotopic (exact) mass is 371 g/mol. The van der Waals surface area contributed by atoms with Crippen LogP contribution in [-0.4, -0.2) is 41.9 Å². The molecule has 1 aliphatic heterocycles. The van der Waals surface area contributed by atoms with Crippen molar-refractivity contribution < 1.29 is 24.5 Å². The number of hydrogen-bond acceptors (Lipinski definition) is 7. The first-order chi connectivity index (χ1) is 13.0. The van der Waals surface area contributed by atoms with Crippen LogP contribution in [0.25, 0.3) is 0 Å². The van der Waals surface area contributed by atoms with Crippen molar-refractivity contribution in [3.8, 4) is 11.5 Å². The van der Waals surface area contributed by atoms with E-state index in [0.29, 0.717) is 34.9 Å². The number of aliphatic hydroxyl groups is 2. The van der Waals surface area contributed by atoms with Gasteiger partial charge in [0.2, 0.25) is 5.88 Å². The Kier molecular flexibility index (Phi) is 5.18. The van der Waals surface area contributed by atoms with Gasteiger partial charge >= 0.3 is 0 Å². The van der Waals surface area contributed by atoms with Crippen LogP contribution < -0.4 is 19.7 Å². The lowest BCUT2D eigenvalue weighted by atomic mass is 9.98. The Morgan fingerprint density at radius 3 is 2.44 bits per heavy atom. The smallest absolute Gasteiger partial charge is 0.255 e. The summed E-state index contributed by atoms with van der Waals surface area (Å²) in [6, 6.07) is 6.40. The molecule has 8 heteroatoms. The molecule has 0 saturated carbocycles. The average molecular weight is 371 g/mol. The van der Waals surface area contributed by atoms with E-state index in [-0.39, 0.29) is 11.6 Å². The number of pyridine rings is 1. The summed E-state index contributed by atoms with van der Waals surface area (Å²) in [6.45, 7) is 2.26. The first-order valence-electron chi connectivity index (χ1n) is 8.37. The van der Waals surface area contributed by atoms with E-state index in [1.54, 1.807) is 29.2 Å². The fourth-order valence-electron chi connectivity index (χ4n) is 3.02. The molecule has 142 valence electrons. The highest BCUT2D eigenvalue weighted by molar-refractivity contribution is 5.95. The fourth-order valence-corrected chi connectivity index (χ4v) is 3.02. The van der Waals surface area contributed by atoms with Crippen molar-refractivity contribution in [2.45, 2.75) is 13.0 Å². The minimum atomic E-state index is -1.24. The number of fused-ring (bicyclic) bond motifs is 1. The van der Waals surface area contributed by atoms with Gasteiger partial charge < -0.3 is 29.9 Å². The van der Waals surface area contributed by atoms with Crippen LogP contribution in [0.4, 0.5) is 5.69 Å². The minimum absolute atomic E-state index is 0.00150. The van der Waals surface area contributed by atoms with Crippen LogP contribution in [-0.2, 0) is 0 Å². The Morgan fingerprint density at radius 2 is 1.85 bits per heavy atom. The van der Waals surface area contributed by atoms with E-state index in [1.807, 2.05) is 6.92 Å². The lowest BCUT2D eigenvalue weighted by molar-refractivity contribution is 0.0939. The summed E-state index contributed by atoms with van der Waals surface area (Å²) >= 11 is 0. The number of aromatic nitrogens is 1. The van der Waals surface area contributed by atoms with Gasteiger partial charge in [-0.1, -0.05) is 0 Å².